The standard InChI is InChI=1S/C27H34N2O6/c1-6-28(7-2)13-14-29-24(18-9-12-21(30)22(16-18)35-8-3)23(26(32)27(29)33)25(31)20-11-10-19(34-5)15-17(20)4/h9-12,15-16,23-24,30H,6-8,13-14H2,1-5H3/p+1. The van der Waals surface area contributed by atoms with E-state index in [4.69, 9.17) is 9.47 Å². The van der Waals surface area contributed by atoms with Crippen molar-refractivity contribution in [2.24, 2.45) is 5.92 Å². The van der Waals surface area contributed by atoms with Crippen LogP contribution in [0, 0.1) is 12.8 Å². The molecule has 0 aliphatic carbocycles. The third kappa shape index (κ3) is 5.32. The Morgan fingerprint density at radius 2 is 1.80 bits per heavy atom. The maximum Gasteiger partial charge on any atom is 0.291 e. The van der Waals surface area contributed by atoms with E-state index in [1.165, 1.54) is 15.9 Å². The second kappa shape index (κ2) is 11.4. The number of carbonyl (C=O) groups is 3. The number of likely N-dealkylation sites (N-methyl/N-ethyl adjacent to an activating group) is 1. The van der Waals surface area contributed by atoms with Gasteiger partial charge in [0.1, 0.15) is 11.7 Å². The minimum atomic E-state index is -1.19. The minimum absolute atomic E-state index is 0.0424. The van der Waals surface area contributed by atoms with Gasteiger partial charge in [0.2, 0.25) is 5.78 Å². The highest BCUT2D eigenvalue weighted by atomic mass is 16.5. The molecule has 0 spiro atoms. The minimum Gasteiger partial charge on any atom is -0.504 e. The van der Waals surface area contributed by atoms with Crippen LogP contribution in [0.1, 0.15) is 48.3 Å². The van der Waals surface area contributed by atoms with E-state index in [-0.39, 0.29) is 11.5 Å². The zero-order chi connectivity index (χ0) is 25.7. The molecule has 8 nitrogen and oxygen atoms in total. The smallest absolute Gasteiger partial charge is 0.291 e. The lowest BCUT2D eigenvalue weighted by Gasteiger charge is -2.29. The summed E-state index contributed by atoms with van der Waals surface area (Å²) in [5.74, 6) is -2.16. The first-order valence-corrected chi connectivity index (χ1v) is 12.1. The normalized spacial score (nSPS) is 17.8. The van der Waals surface area contributed by atoms with Crippen molar-refractivity contribution in [2.75, 3.05) is 39.9 Å². The summed E-state index contributed by atoms with van der Waals surface area (Å²) < 4.78 is 10.8. The van der Waals surface area contributed by atoms with Crippen molar-refractivity contribution in [3.8, 4) is 17.2 Å². The highest BCUT2D eigenvalue weighted by Crippen LogP contribution is 2.41. The predicted molar refractivity (Wildman–Crippen MR) is 131 cm³/mol. The number of ether oxygens (including phenoxy) is 2. The number of hydrogen-bond donors (Lipinski definition) is 2. The lowest BCUT2D eigenvalue weighted by atomic mass is 9.85. The van der Waals surface area contributed by atoms with Gasteiger partial charge in [0.15, 0.2) is 17.3 Å². The van der Waals surface area contributed by atoms with Gasteiger partial charge in [0, 0.05) is 5.56 Å². The number of phenols is 1. The molecule has 1 aliphatic rings. The Hall–Kier alpha value is -3.39. The van der Waals surface area contributed by atoms with E-state index in [1.54, 1.807) is 51.3 Å². The number of ketones is 2. The molecule has 2 atom stereocenters. The van der Waals surface area contributed by atoms with Crippen LogP contribution in [0.4, 0.5) is 0 Å². The number of carbonyl (C=O) groups excluding carboxylic acids is 3. The number of benzene rings is 2. The average Bonchev–Trinajstić information content (AvgIpc) is 3.10. The van der Waals surface area contributed by atoms with Gasteiger partial charge >= 0.3 is 0 Å². The van der Waals surface area contributed by atoms with E-state index in [0.29, 0.717) is 42.1 Å². The summed E-state index contributed by atoms with van der Waals surface area (Å²) in [4.78, 5) is 43.0. The van der Waals surface area contributed by atoms with Crippen molar-refractivity contribution >= 4 is 17.5 Å². The van der Waals surface area contributed by atoms with E-state index in [9.17, 15) is 19.5 Å². The number of likely N-dealkylation sites (tertiary alicyclic amines) is 1. The van der Waals surface area contributed by atoms with Gasteiger partial charge in [0.25, 0.3) is 5.91 Å². The van der Waals surface area contributed by atoms with Crippen LogP contribution in [0.3, 0.4) is 0 Å². The number of Topliss-reactive ketones (excluding diaryl/α,β-unsaturated/α-hetero) is 2. The maximum atomic E-state index is 13.8. The van der Waals surface area contributed by atoms with Crippen LogP contribution in [-0.2, 0) is 9.59 Å². The first kappa shape index (κ1) is 26.2. The fraction of sp³-hybridized carbons (Fsp3) is 0.444. The molecule has 1 amide bonds. The number of phenolic OH excluding ortho intramolecular Hbond substituents is 1. The monoisotopic (exact) mass is 483 g/mol. The van der Waals surface area contributed by atoms with Crippen LogP contribution in [0.15, 0.2) is 36.4 Å². The van der Waals surface area contributed by atoms with Crippen molar-refractivity contribution in [3.63, 3.8) is 0 Å². The first-order chi connectivity index (χ1) is 16.8. The molecule has 0 radical (unpaired) electrons. The molecule has 0 bridgehead atoms. The molecular formula is C27H35N2O6+. The van der Waals surface area contributed by atoms with E-state index in [1.807, 2.05) is 0 Å². The Kier molecular flexibility index (Phi) is 8.51. The second-order valence-corrected chi connectivity index (χ2v) is 8.70. The summed E-state index contributed by atoms with van der Waals surface area (Å²) in [6.07, 6.45) is 0. The summed E-state index contributed by atoms with van der Waals surface area (Å²) >= 11 is 0. The third-order valence-corrected chi connectivity index (χ3v) is 6.72. The first-order valence-electron chi connectivity index (χ1n) is 12.1. The highest BCUT2D eigenvalue weighted by molar-refractivity contribution is 6.44. The summed E-state index contributed by atoms with van der Waals surface area (Å²) in [7, 11) is 1.54. The summed E-state index contributed by atoms with van der Waals surface area (Å²) in [5.41, 5.74) is 1.62. The largest absolute Gasteiger partial charge is 0.504 e. The van der Waals surface area contributed by atoms with Crippen molar-refractivity contribution in [2.45, 2.75) is 33.7 Å². The summed E-state index contributed by atoms with van der Waals surface area (Å²) in [6.45, 7) is 10.8. The molecule has 35 heavy (non-hydrogen) atoms. The number of aryl methyl sites for hydroxylation is 1. The number of nitrogens with one attached hydrogen (secondary N) is 1. The molecule has 8 heteroatoms. The number of hydrogen-bond acceptors (Lipinski definition) is 6. The van der Waals surface area contributed by atoms with E-state index in [0.717, 1.165) is 13.1 Å². The van der Waals surface area contributed by atoms with Gasteiger partial charge < -0.3 is 24.4 Å². The molecule has 188 valence electrons. The number of nitrogens with zero attached hydrogens (tertiary/aromatic N) is 1. The fourth-order valence-electron chi connectivity index (χ4n) is 4.67. The van der Waals surface area contributed by atoms with Crippen LogP contribution in [0.25, 0.3) is 0 Å². The molecule has 2 unspecified atom stereocenters. The molecule has 2 N–H and O–H groups in total. The molecule has 1 aliphatic heterocycles. The number of aromatic hydroxyl groups is 1. The van der Waals surface area contributed by atoms with Gasteiger partial charge in [0.05, 0.1) is 45.9 Å². The predicted octanol–water partition coefficient (Wildman–Crippen LogP) is 1.98. The molecule has 0 saturated carbocycles. The third-order valence-electron chi connectivity index (χ3n) is 6.72. The summed E-state index contributed by atoms with van der Waals surface area (Å²) in [5, 5.41) is 10.2. The quantitative estimate of drug-likeness (QED) is 0.288. The fourth-order valence-corrected chi connectivity index (χ4v) is 4.67. The second-order valence-electron chi connectivity index (χ2n) is 8.70. The summed E-state index contributed by atoms with van der Waals surface area (Å²) in [6, 6.07) is 8.99. The van der Waals surface area contributed by atoms with Crippen molar-refractivity contribution in [1.82, 2.24) is 4.90 Å². The molecule has 1 heterocycles. The molecular weight excluding hydrogens is 448 g/mol. The van der Waals surface area contributed by atoms with Crippen molar-refractivity contribution in [1.29, 1.82) is 0 Å². The van der Waals surface area contributed by atoms with Gasteiger partial charge in [-0.05, 0) is 69.2 Å². The van der Waals surface area contributed by atoms with E-state index >= 15 is 0 Å². The topological polar surface area (TPSA) is 97.6 Å². The Morgan fingerprint density at radius 1 is 1.09 bits per heavy atom. The molecule has 2 aromatic carbocycles. The molecule has 0 aromatic heterocycles. The Balaban J connectivity index is 2.08. The zero-order valence-electron chi connectivity index (χ0n) is 21.1. The van der Waals surface area contributed by atoms with E-state index < -0.39 is 29.4 Å². The SMILES string of the molecule is CCOc1cc(C2C(C(=O)c3ccc(OC)cc3C)C(=O)C(=O)N2CC[NH+](CC)CC)ccc1O. The molecule has 1 fully saturated rings. The van der Waals surface area contributed by atoms with Gasteiger partial charge in [-0.3, -0.25) is 14.4 Å². The van der Waals surface area contributed by atoms with Gasteiger partial charge in [-0.15, -0.1) is 0 Å². The number of rotatable bonds is 11. The lowest BCUT2D eigenvalue weighted by Crippen LogP contribution is -3.12. The van der Waals surface area contributed by atoms with E-state index in [2.05, 4.69) is 13.8 Å². The highest BCUT2D eigenvalue weighted by Gasteiger charge is 2.52. The lowest BCUT2D eigenvalue weighted by molar-refractivity contribution is -0.895. The Bertz CT molecular complexity index is 1100. The van der Waals surface area contributed by atoms with Gasteiger partial charge in [-0.1, -0.05) is 6.07 Å². The van der Waals surface area contributed by atoms with Crippen LogP contribution in [-0.4, -0.2) is 67.4 Å². The molecule has 3 rings (SSSR count). The van der Waals surface area contributed by atoms with Crippen LogP contribution in [0.5, 0.6) is 17.2 Å². The Labute approximate surface area is 206 Å². The van der Waals surface area contributed by atoms with Crippen LogP contribution >= 0.6 is 0 Å². The molecule has 2 aromatic rings. The molecule has 1 saturated heterocycles. The van der Waals surface area contributed by atoms with Crippen LogP contribution < -0.4 is 14.4 Å². The van der Waals surface area contributed by atoms with Gasteiger partial charge in [-0.25, -0.2) is 0 Å². The number of methoxy groups -OCH3 is 1. The zero-order valence-corrected chi connectivity index (χ0v) is 21.1. The average molecular weight is 484 g/mol. The number of amides is 1. The number of quaternary nitrogens is 1. The Morgan fingerprint density at radius 3 is 2.40 bits per heavy atom. The van der Waals surface area contributed by atoms with Crippen molar-refractivity contribution < 1.29 is 33.9 Å². The van der Waals surface area contributed by atoms with Crippen molar-refractivity contribution in [3.05, 3.63) is 53.1 Å². The van der Waals surface area contributed by atoms with Gasteiger partial charge in [-0.2, -0.15) is 0 Å². The maximum absolute atomic E-state index is 13.8. The van der Waals surface area contributed by atoms with Crippen LogP contribution in [0.2, 0.25) is 0 Å².